The summed E-state index contributed by atoms with van der Waals surface area (Å²) in [7, 11) is 2.08. The van der Waals surface area contributed by atoms with Crippen molar-refractivity contribution in [3.05, 3.63) is 11.7 Å². The van der Waals surface area contributed by atoms with Crippen molar-refractivity contribution in [3.8, 4) is 0 Å². The second-order valence-electron chi connectivity index (χ2n) is 6.34. The van der Waals surface area contributed by atoms with Crippen LogP contribution in [0.25, 0.3) is 0 Å². The van der Waals surface area contributed by atoms with Gasteiger partial charge >= 0.3 is 6.03 Å². The lowest BCUT2D eigenvalue weighted by molar-refractivity contribution is -0.0367. The van der Waals surface area contributed by atoms with Crippen LogP contribution in [-0.2, 0) is 11.3 Å². The predicted octanol–water partition coefficient (Wildman–Crippen LogP) is 0.171. The van der Waals surface area contributed by atoms with E-state index in [0.717, 1.165) is 26.0 Å². The van der Waals surface area contributed by atoms with Crippen LogP contribution in [0, 0.1) is 0 Å². The predicted molar refractivity (Wildman–Crippen MR) is 76.2 cm³/mol. The molecule has 2 amide bonds. The van der Waals surface area contributed by atoms with Gasteiger partial charge < -0.3 is 19.5 Å². The van der Waals surface area contributed by atoms with Crippen LogP contribution in [0.1, 0.15) is 30.5 Å². The highest BCUT2D eigenvalue weighted by molar-refractivity contribution is 5.74. The second-order valence-corrected chi connectivity index (χ2v) is 6.34. The zero-order valence-electron chi connectivity index (χ0n) is 12.7. The lowest BCUT2D eigenvalue weighted by Crippen LogP contribution is -2.48. The Morgan fingerprint density at radius 1 is 1.41 bits per heavy atom. The van der Waals surface area contributed by atoms with Gasteiger partial charge in [-0.1, -0.05) is 5.16 Å². The smallest absolute Gasteiger partial charge is 0.317 e. The molecule has 0 radical (unpaired) electrons. The molecule has 3 fully saturated rings. The molecule has 2 aliphatic heterocycles. The van der Waals surface area contributed by atoms with Gasteiger partial charge in [0.1, 0.15) is 0 Å². The van der Waals surface area contributed by atoms with Crippen LogP contribution in [-0.4, -0.2) is 71.4 Å². The minimum Gasteiger partial charge on any atom is -0.373 e. The van der Waals surface area contributed by atoms with Crippen molar-refractivity contribution in [2.75, 3.05) is 33.3 Å². The fraction of sp³-hybridized carbons (Fsp3) is 0.786. The number of fused-ring (bicyclic) bond motifs is 1. The minimum absolute atomic E-state index is 0.0934. The standard InChI is InChI=1S/C14H21N5O3/c1-18-4-5-21-11-8-19(7-10(11)18)14(20)15-6-12-16-13(22-17-12)9-2-3-9/h9-11H,2-8H2,1H3,(H,15,20)/t10-,11+/m0/s1. The number of rotatable bonds is 3. The van der Waals surface area contributed by atoms with Gasteiger partial charge in [0.05, 0.1) is 31.8 Å². The van der Waals surface area contributed by atoms with Gasteiger partial charge in [0.25, 0.3) is 0 Å². The largest absolute Gasteiger partial charge is 0.373 e. The maximum absolute atomic E-state index is 12.3. The molecule has 2 atom stereocenters. The van der Waals surface area contributed by atoms with E-state index < -0.39 is 0 Å². The van der Waals surface area contributed by atoms with E-state index in [1.54, 1.807) is 4.90 Å². The van der Waals surface area contributed by atoms with E-state index in [0.29, 0.717) is 43.3 Å². The fourth-order valence-corrected chi connectivity index (χ4v) is 3.13. The molecule has 1 N–H and O–H groups in total. The number of aromatic nitrogens is 2. The van der Waals surface area contributed by atoms with Crippen molar-refractivity contribution in [1.29, 1.82) is 0 Å². The Hall–Kier alpha value is -1.67. The third-order valence-corrected chi connectivity index (χ3v) is 4.67. The molecule has 0 unspecified atom stereocenters. The molecule has 4 rings (SSSR count). The molecule has 8 nitrogen and oxygen atoms in total. The van der Waals surface area contributed by atoms with Crippen molar-refractivity contribution in [3.63, 3.8) is 0 Å². The lowest BCUT2D eigenvalue weighted by atomic mass is 10.1. The Morgan fingerprint density at radius 3 is 3.05 bits per heavy atom. The van der Waals surface area contributed by atoms with Gasteiger partial charge in [-0.15, -0.1) is 0 Å². The summed E-state index contributed by atoms with van der Waals surface area (Å²) < 4.78 is 10.9. The van der Waals surface area contributed by atoms with Crippen molar-refractivity contribution < 1.29 is 14.1 Å². The molecule has 1 aromatic heterocycles. The number of carbonyl (C=O) groups excluding carboxylic acids is 1. The van der Waals surface area contributed by atoms with Gasteiger partial charge in [-0.25, -0.2) is 4.79 Å². The summed E-state index contributed by atoms with van der Waals surface area (Å²) in [5, 5.41) is 6.77. The number of nitrogens with zero attached hydrogens (tertiary/aromatic N) is 4. The van der Waals surface area contributed by atoms with Crippen LogP contribution in [0.15, 0.2) is 4.52 Å². The summed E-state index contributed by atoms with van der Waals surface area (Å²) in [6.07, 6.45) is 2.37. The molecular formula is C14H21N5O3. The first kappa shape index (κ1) is 14.0. The first-order valence-corrected chi connectivity index (χ1v) is 7.88. The number of nitrogens with one attached hydrogen (secondary N) is 1. The Labute approximate surface area is 128 Å². The number of hydrogen-bond donors (Lipinski definition) is 1. The topological polar surface area (TPSA) is 83.7 Å². The van der Waals surface area contributed by atoms with E-state index in [1.807, 2.05) is 0 Å². The molecule has 1 aromatic rings. The van der Waals surface area contributed by atoms with E-state index in [1.165, 1.54) is 0 Å². The van der Waals surface area contributed by atoms with Crippen LogP contribution in [0.5, 0.6) is 0 Å². The molecule has 0 bridgehead atoms. The first-order chi connectivity index (χ1) is 10.7. The highest BCUT2D eigenvalue weighted by Crippen LogP contribution is 2.38. The zero-order chi connectivity index (χ0) is 15.1. The molecule has 0 aromatic carbocycles. The number of ether oxygens (including phenoxy) is 1. The fourth-order valence-electron chi connectivity index (χ4n) is 3.13. The summed E-state index contributed by atoms with van der Waals surface area (Å²) >= 11 is 0. The molecule has 22 heavy (non-hydrogen) atoms. The molecule has 1 saturated carbocycles. The third-order valence-electron chi connectivity index (χ3n) is 4.67. The van der Waals surface area contributed by atoms with Crippen molar-refractivity contribution in [1.82, 2.24) is 25.3 Å². The van der Waals surface area contributed by atoms with Gasteiger partial charge in [0.2, 0.25) is 5.89 Å². The zero-order valence-corrected chi connectivity index (χ0v) is 12.7. The van der Waals surface area contributed by atoms with E-state index in [-0.39, 0.29) is 12.1 Å². The van der Waals surface area contributed by atoms with E-state index in [4.69, 9.17) is 9.26 Å². The van der Waals surface area contributed by atoms with Crippen molar-refractivity contribution in [2.24, 2.45) is 0 Å². The Balaban J connectivity index is 1.30. The maximum Gasteiger partial charge on any atom is 0.317 e. The average Bonchev–Trinajstić information content (AvgIpc) is 3.09. The van der Waals surface area contributed by atoms with E-state index >= 15 is 0 Å². The minimum atomic E-state index is -0.0934. The molecule has 2 saturated heterocycles. The molecule has 120 valence electrons. The molecule has 3 heterocycles. The molecule has 3 aliphatic rings. The van der Waals surface area contributed by atoms with Gasteiger partial charge in [-0.05, 0) is 19.9 Å². The molecule has 8 heteroatoms. The van der Waals surface area contributed by atoms with Gasteiger partial charge in [-0.2, -0.15) is 4.98 Å². The SMILES string of the molecule is CN1CCO[C@@H]2CN(C(=O)NCc3noc(C4CC4)n3)C[C@@H]21. The highest BCUT2D eigenvalue weighted by Gasteiger charge is 2.40. The number of carbonyl (C=O) groups is 1. The normalized spacial score (nSPS) is 28.7. The van der Waals surface area contributed by atoms with Gasteiger partial charge in [0, 0.05) is 19.0 Å². The molecular weight excluding hydrogens is 286 g/mol. The Bertz CT molecular complexity index is 558. The number of amides is 2. The van der Waals surface area contributed by atoms with Crippen LogP contribution < -0.4 is 5.32 Å². The monoisotopic (exact) mass is 307 g/mol. The number of urea groups is 1. The van der Waals surface area contributed by atoms with E-state index in [2.05, 4.69) is 27.4 Å². The van der Waals surface area contributed by atoms with Crippen LogP contribution in [0.2, 0.25) is 0 Å². The van der Waals surface area contributed by atoms with Crippen LogP contribution >= 0.6 is 0 Å². The summed E-state index contributed by atoms with van der Waals surface area (Å²) in [6, 6.07) is 0.204. The highest BCUT2D eigenvalue weighted by atomic mass is 16.5. The third kappa shape index (κ3) is 2.68. The van der Waals surface area contributed by atoms with Crippen molar-refractivity contribution in [2.45, 2.75) is 37.5 Å². The Morgan fingerprint density at radius 2 is 2.27 bits per heavy atom. The maximum atomic E-state index is 12.3. The van der Waals surface area contributed by atoms with Gasteiger partial charge in [-0.3, -0.25) is 4.90 Å². The van der Waals surface area contributed by atoms with Crippen LogP contribution in [0.4, 0.5) is 4.79 Å². The summed E-state index contributed by atoms with van der Waals surface area (Å²) in [6.45, 7) is 3.30. The van der Waals surface area contributed by atoms with Crippen LogP contribution in [0.3, 0.4) is 0 Å². The quantitative estimate of drug-likeness (QED) is 0.857. The van der Waals surface area contributed by atoms with E-state index in [9.17, 15) is 4.79 Å². The number of hydrogen-bond acceptors (Lipinski definition) is 6. The number of morpholine rings is 1. The summed E-state index contributed by atoms with van der Waals surface area (Å²) in [5.74, 6) is 1.68. The summed E-state index contributed by atoms with van der Waals surface area (Å²) in [4.78, 5) is 20.7. The Kier molecular flexibility index (Phi) is 3.50. The number of likely N-dealkylation sites (tertiary alicyclic amines) is 1. The first-order valence-electron chi connectivity index (χ1n) is 7.88. The second kappa shape index (κ2) is 5.51. The van der Waals surface area contributed by atoms with Crippen molar-refractivity contribution >= 4 is 6.03 Å². The summed E-state index contributed by atoms with van der Waals surface area (Å²) in [5.41, 5.74) is 0. The molecule has 0 spiro atoms. The number of likely N-dealkylation sites (N-methyl/N-ethyl adjacent to an activating group) is 1. The average molecular weight is 307 g/mol. The van der Waals surface area contributed by atoms with Gasteiger partial charge in [0.15, 0.2) is 5.82 Å². The lowest BCUT2D eigenvalue weighted by Gasteiger charge is -2.33. The molecule has 1 aliphatic carbocycles.